The minimum atomic E-state index is -0.336. The van der Waals surface area contributed by atoms with E-state index in [2.05, 4.69) is 103 Å². The summed E-state index contributed by atoms with van der Waals surface area (Å²) in [5.41, 5.74) is 2.54. The Morgan fingerprint density at radius 2 is 1.62 bits per heavy atom. The number of anilines is 1. The van der Waals surface area contributed by atoms with E-state index in [1.54, 1.807) is 0 Å². The Morgan fingerprint density at radius 1 is 1.05 bits per heavy atom. The first-order valence-corrected chi connectivity index (χ1v) is 9.96. The summed E-state index contributed by atoms with van der Waals surface area (Å²) in [6, 6.07) is 8.98. The number of hydrogen-bond acceptors (Lipinski definition) is 2. The summed E-state index contributed by atoms with van der Waals surface area (Å²) in [5, 5.41) is 3.60. The zero-order valence-electron chi connectivity index (χ0n) is 13.0. The summed E-state index contributed by atoms with van der Waals surface area (Å²) in [6.07, 6.45) is 2.37. The van der Waals surface area contributed by atoms with Crippen LogP contribution in [0.1, 0.15) is 45.2 Å². The number of alkyl halides is 3. The van der Waals surface area contributed by atoms with Crippen molar-refractivity contribution >= 4 is 53.5 Å². The number of benzene rings is 1. The second kappa shape index (κ2) is 9.53. The van der Waals surface area contributed by atoms with E-state index in [4.69, 9.17) is 0 Å². The van der Waals surface area contributed by atoms with Crippen molar-refractivity contribution in [1.29, 1.82) is 0 Å². The Morgan fingerprint density at radius 3 is 2.05 bits per heavy atom. The third-order valence-corrected chi connectivity index (χ3v) is 4.93. The molecule has 2 nitrogen and oxygen atoms in total. The van der Waals surface area contributed by atoms with Gasteiger partial charge >= 0.3 is 0 Å². The lowest BCUT2D eigenvalue weighted by Gasteiger charge is -2.28. The van der Waals surface area contributed by atoms with E-state index in [0.717, 1.165) is 19.6 Å². The summed E-state index contributed by atoms with van der Waals surface area (Å²) in [6.45, 7) is 9.66. The van der Waals surface area contributed by atoms with E-state index in [-0.39, 0.29) is 8.18 Å². The van der Waals surface area contributed by atoms with Crippen LogP contribution in [0.25, 0.3) is 0 Å². The molecule has 120 valence electrons. The molecule has 0 fully saturated rings. The van der Waals surface area contributed by atoms with Crippen molar-refractivity contribution in [2.75, 3.05) is 24.5 Å². The van der Waals surface area contributed by atoms with E-state index in [1.165, 1.54) is 24.1 Å². The van der Waals surface area contributed by atoms with Crippen LogP contribution in [-0.2, 0) is 0 Å². The average molecular weight is 485 g/mol. The van der Waals surface area contributed by atoms with Crippen molar-refractivity contribution in [3.63, 3.8) is 0 Å². The molecule has 0 radical (unpaired) electrons. The van der Waals surface area contributed by atoms with Crippen LogP contribution in [0.3, 0.4) is 0 Å². The SMILES string of the molecule is CCCCNC(c1ccc(N(CC)CC)cc1)C(Br)(Br)Br. The van der Waals surface area contributed by atoms with Crippen LogP contribution in [0.5, 0.6) is 0 Å². The van der Waals surface area contributed by atoms with Crippen molar-refractivity contribution in [1.82, 2.24) is 5.32 Å². The van der Waals surface area contributed by atoms with Gasteiger partial charge in [0.2, 0.25) is 0 Å². The summed E-state index contributed by atoms with van der Waals surface area (Å²) in [7, 11) is 0. The van der Waals surface area contributed by atoms with Gasteiger partial charge in [-0.2, -0.15) is 0 Å². The van der Waals surface area contributed by atoms with Crippen LogP contribution in [0.2, 0.25) is 0 Å². The zero-order valence-corrected chi connectivity index (χ0v) is 17.8. The van der Waals surface area contributed by atoms with E-state index in [0.29, 0.717) is 0 Å². The molecule has 0 aromatic heterocycles. The lowest BCUT2D eigenvalue weighted by Crippen LogP contribution is -2.31. The Bertz CT molecular complexity index is 397. The first kappa shape index (κ1) is 19.5. The van der Waals surface area contributed by atoms with Gasteiger partial charge in [0.25, 0.3) is 0 Å². The van der Waals surface area contributed by atoms with Crippen molar-refractivity contribution in [2.45, 2.75) is 41.8 Å². The van der Waals surface area contributed by atoms with Crippen LogP contribution in [0.15, 0.2) is 24.3 Å². The molecule has 1 unspecified atom stereocenters. The van der Waals surface area contributed by atoms with Crippen molar-refractivity contribution in [3.8, 4) is 0 Å². The molecule has 0 saturated heterocycles. The Labute approximate surface area is 154 Å². The standard InChI is InChI=1S/C16H25Br3N2/c1-4-7-12-20-15(16(17,18)19)13-8-10-14(11-9-13)21(5-2)6-3/h8-11,15,20H,4-7,12H2,1-3H3. The molecular weight excluding hydrogens is 460 g/mol. The molecule has 1 aromatic rings. The predicted molar refractivity (Wildman–Crippen MR) is 105 cm³/mol. The summed E-state index contributed by atoms with van der Waals surface area (Å²) < 4.78 is -0.336. The first-order valence-electron chi connectivity index (χ1n) is 7.59. The molecule has 0 saturated carbocycles. The number of nitrogens with zero attached hydrogens (tertiary/aromatic N) is 1. The first-order chi connectivity index (χ1) is 9.93. The monoisotopic (exact) mass is 482 g/mol. The van der Waals surface area contributed by atoms with Gasteiger partial charge < -0.3 is 10.2 Å². The van der Waals surface area contributed by atoms with Crippen molar-refractivity contribution in [3.05, 3.63) is 29.8 Å². The van der Waals surface area contributed by atoms with Gasteiger partial charge in [-0.15, -0.1) is 0 Å². The number of halogens is 3. The fraction of sp³-hybridized carbons (Fsp3) is 0.625. The predicted octanol–water partition coefficient (Wildman–Crippen LogP) is 5.80. The fourth-order valence-corrected chi connectivity index (χ4v) is 3.59. The molecule has 1 N–H and O–H groups in total. The molecule has 0 aliphatic heterocycles. The minimum absolute atomic E-state index is 0.162. The van der Waals surface area contributed by atoms with Gasteiger partial charge in [0, 0.05) is 18.8 Å². The second-order valence-corrected chi connectivity index (χ2v) is 12.0. The maximum Gasteiger partial charge on any atom is 0.154 e. The maximum absolute atomic E-state index is 3.67. The molecule has 0 spiro atoms. The lowest BCUT2D eigenvalue weighted by molar-refractivity contribution is 0.545. The summed E-state index contributed by atoms with van der Waals surface area (Å²) >= 11 is 11.0. The Kier molecular flexibility index (Phi) is 8.84. The van der Waals surface area contributed by atoms with Gasteiger partial charge in [-0.3, -0.25) is 0 Å². The molecule has 0 aliphatic carbocycles. The van der Waals surface area contributed by atoms with Crippen molar-refractivity contribution < 1.29 is 0 Å². The number of rotatable bonds is 8. The maximum atomic E-state index is 3.67. The van der Waals surface area contributed by atoms with Gasteiger partial charge in [-0.25, -0.2) is 0 Å². The van der Waals surface area contributed by atoms with Crippen LogP contribution in [0.4, 0.5) is 5.69 Å². The van der Waals surface area contributed by atoms with Gasteiger partial charge in [0.15, 0.2) is 2.14 Å². The van der Waals surface area contributed by atoms with E-state index in [9.17, 15) is 0 Å². The van der Waals surface area contributed by atoms with Gasteiger partial charge in [0.05, 0.1) is 6.04 Å². The Balaban J connectivity index is 2.88. The molecular formula is C16H25Br3N2. The highest BCUT2D eigenvalue weighted by Crippen LogP contribution is 2.45. The number of hydrogen-bond donors (Lipinski definition) is 1. The molecule has 0 heterocycles. The second-order valence-electron chi connectivity index (χ2n) is 5.05. The fourth-order valence-electron chi connectivity index (χ4n) is 2.31. The molecule has 0 bridgehead atoms. The van der Waals surface area contributed by atoms with Crippen molar-refractivity contribution in [2.24, 2.45) is 0 Å². The largest absolute Gasteiger partial charge is 0.372 e. The summed E-state index contributed by atoms with van der Waals surface area (Å²) in [5.74, 6) is 0. The molecule has 0 amide bonds. The smallest absolute Gasteiger partial charge is 0.154 e. The normalized spacial score (nSPS) is 13.2. The third kappa shape index (κ3) is 6.20. The quantitative estimate of drug-likeness (QED) is 0.370. The molecule has 1 atom stereocenters. The minimum Gasteiger partial charge on any atom is -0.372 e. The van der Waals surface area contributed by atoms with Crippen LogP contribution >= 0.6 is 47.8 Å². The van der Waals surface area contributed by atoms with E-state index in [1.807, 2.05) is 0 Å². The lowest BCUT2D eigenvalue weighted by atomic mass is 10.1. The van der Waals surface area contributed by atoms with Crippen LogP contribution in [0, 0.1) is 0 Å². The molecule has 5 heteroatoms. The molecule has 1 aromatic carbocycles. The van der Waals surface area contributed by atoms with E-state index < -0.39 is 0 Å². The third-order valence-electron chi connectivity index (χ3n) is 3.56. The molecule has 0 aliphatic rings. The number of nitrogens with one attached hydrogen (secondary N) is 1. The van der Waals surface area contributed by atoms with E-state index >= 15 is 0 Å². The Hall–Kier alpha value is 0.420. The summed E-state index contributed by atoms with van der Waals surface area (Å²) in [4.78, 5) is 2.35. The highest BCUT2D eigenvalue weighted by Gasteiger charge is 2.31. The highest BCUT2D eigenvalue weighted by atomic mass is 80.0. The van der Waals surface area contributed by atoms with Gasteiger partial charge in [-0.1, -0.05) is 73.3 Å². The van der Waals surface area contributed by atoms with Gasteiger partial charge in [0.1, 0.15) is 0 Å². The topological polar surface area (TPSA) is 15.3 Å². The number of unbranched alkanes of at least 4 members (excludes halogenated alkanes) is 1. The molecule has 21 heavy (non-hydrogen) atoms. The zero-order chi connectivity index (χ0) is 15.9. The van der Waals surface area contributed by atoms with Crippen LogP contribution < -0.4 is 10.2 Å². The highest BCUT2D eigenvalue weighted by molar-refractivity contribution is 9.39. The van der Waals surface area contributed by atoms with Crippen LogP contribution in [-0.4, -0.2) is 21.8 Å². The molecule has 1 rings (SSSR count). The van der Waals surface area contributed by atoms with Gasteiger partial charge in [-0.05, 0) is 44.5 Å². The average Bonchev–Trinajstić information content (AvgIpc) is 2.45.